The summed E-state index contributed by atoms with van der Waals surface area (Å²) < 4.78 is 1.99. The van der Waals surface area contributed by atoms with Crippen molar-refractivity contribution in [1.29, 1.82) is 5.41 Å². The summed E-state index contributed by atoms with van der Waals surface area (Å²) in [7, 11) is 0. The van der Waals surface area contributed by atoms with Crippen molar-refractivity contribution >= 4 is 34.4 Å². The first-order valence-corrected chi connectivity index (χ1v) is 11.2. The highest BCUT2D eigenvalue weighted by molar-refractivity contribution is 6.22. The van der Waals surface area contributed by atoms with Gasteiger partial charge in [0.2, 0.25) is 5.91 Å². The molecule has 0 atom stereocenters. The molecule has 0 fully saturated rings. The maximum Gasteiger partial charge on any atom is 0.325 e. The molecule has 0 spiro atoms. The summed E-state index contributed by atoms with van der Waals surface area (Å²) in [6.07, 6.45) is 3.19. The monoisotopic (exact) mass is 465 g/mol. The molecule has 9 heteroatoms. The van der Waals surface area contributed by atoms with E-state index in [-0.39, 0.29) is 34.7 Å². The molecular weight excluding hydrogens is 434 g/mol. The average molecular weight is 466 g/mol. The second-order valence-corrected chi connectivity index (χ2v) is 8.46. The van der Waals surface area contributed by atoms with Gasteiger partial charge in [0.1, 0.15) is 17.3 Å². The summed E-state index contributed by atoms with van der Waals surface area (Å²) in [4.78, 5) is 25.0. The number of carbonyl (C=O) groups is 2. The molecule has 0 saturated heterocycles. The number of aromatic nitrogens is 1. The number of phenolic OH excluding ortho intramolecular Hbond substituents is 2. The zero-order valence-electron chi connectivity index (χ0n) is 19.6. The van der Waals surface area contributed by atoms with Crippen LogP contribution in [0.1, 0.15) is 50.7 Å². The number of urea groups is 1. The van der Waals surface area contributed by atoms with Gasteiger partial charge in [-0.1, -0.05) is 20.8 Å². The summed E-state index contributed by atoms with van der Waals surface area (Å²) in [6.45, 7) is 6.80. The van der Waals surface area contributed by atoms with Crippen LogP contribution in [0.2, 0.25) is 0 Å². The number of nitrogens with zero attached hydrogens (tertiary/aromatic N) is 2. The fourth-order valence-corrected chi connectivity index (χ4v) is 3.89. The lowest BCUT2D eigenvalue weighted by Crippen LogP contribution is -2.41. The zero-order chi connectivity index (χ0) is 25.0. The molecule has 1 heterocycles. The standard InChI is InChI=1S/C25H31N5O4/c1-4-5-23(33)28-9-11-29-10-8-16-12-17(6-7-20(16)29)30(25(27)34)24(26)19-13-18(15(2)3)21(31)14-22(19)32/h6-8,10,12-15,26,31-32H,4-5,9,11H2,1-3H3,(H2,27,34)(H,28,33). The molecule has 0 saturated carbocycles. The Balaban J connectivity index is 1.89. The largest absolute Gasteiger partial charge is 0.508 e. The van der Waals surface area contributed by atoms with E-state index in [0.717, 1.165) is 22.2 Å². The smallest absolute Gasteiger partial charge is 0.325 e. The van der Waals surface area contributed by atoms with E-state index in [0.29, 0.717) is 30.8 Å². The maximum atomic E-state index is 12.3. The second-order valence-electron chi connectivity index (χ2n) is 8.46. The van der Waals surface area contributed by atoms with E-state index < -0.39 is 6.03 Å². The molecule has 6 N–H and O–H groups in total. The quantitative estimate of drug-likeness (QED) is 0.253. The van der Waals surface area contributed by atoms with Gasteiger partial charge in [0.15, 0.2) is 0 Å². The van der Waals surface area contributed by atoms with Crippen molar-refractivity contribution in [3.63, 3.8) is 0 Å². The van der Waals surface area contributed by atoms with Crippen LogP contribution in [0, 0.1) is 5.41 Å². The van der Waals surface area contributed by atoms with Gasteiger partial charge in [-0.2, -0.15) is 0 Å². The van der Waals surface area contributed by atoms with Gasteiger partial charge in [-0.25, -0.2) is 9.69 Å². The van der Waals surface area contributed by atoms with E-state index in [4.69, 9.17) is 11.1 Å². The normalized spacial score (nSPS) is 11.1. The highest BCUT2D eigenvalue weighted by Crippen LogP contribution is 2.34. The first-order chi connectivity index (χ1) is 16.1. The van der Waals surface area contributed by atoms with Crippen LogP contribution in [-0.4, -0.2) is 39.1 Å². The molecule has 34 heavy (non-hydrogen) atoms. The minimum absolute atomic E-state index is 0.0231. The third-order valence-corrected chi connectivity index (χ3v) is 5.63. The lowest BCUT2D eigenvalue weighted by atomic mass is 9.98. The second kappa shape index (κ2) is 10.3. The maximum absolute atomic E-state index is 12.3. The lowest BCUT2D eigenvalue weighted by Gasteiger charge is -2.23. The highest BCUT2D eigenvalue weighted by atomic mass is 16.3. The predicted octanol–water partition coefficient (Wildman–Crippen LogP) is 4.00. The number of amidine groups is 1. The molecule has 0 aliphatic rings. The first kappa shape index (κ1) is 24.6. The van der Waals surface area contributed by atoms with Gasteiger partial charge in [0.25, 0.3) is 0 Å². The van der Waals surface area contributed by atoms with Crippen molar-refractivity contribution in [3.05, 3.63) is 53.7 Å². The van der Waals surface area contributed by atoms with Crippen molar-refractivity contribution in [2.45, 2.75) is 46.1 Å². The number of aromatic hydroxyl groups is 2. The Morgan fingerprint density at radius 3 is 2.53 bits per heavy atom. The third-order valence-electron chi connectivity index (χ3n) is 5.63. The van der Waals surface area contributed by atoms with Gasteiger partial charge in [-0.05, 0) is 48.2 Å². The molecular formula is C25H31N5O4. The molecule has 0 aliphatic carbocycles. The molecule has 3 rings (SSSR count). The number of phenols is 2. The molecule has 9 nitrogen and oxygen atoms in total. The molecule has 0 unspecified atom stereocenters. The molecule has 3 amide bonds. The molecule has 2 aromatic carbocycles. The van der Waals surface area contributed by atoms with Crippen molar-refractivity contribution in [3.8, 4) is 11.5 Å². The summed E-state index contributed by atoms with van der Waals surface area (Å²) in [5.74, 6) is -0.741. The van der Waals surface area contributed by atoms with Crippen LogP contribution in [0.4, 0.5) is 10.5 Å². The van der Waals surface area contributed by atoms with Gasteiger partial charge in [-0.3, -0.25) is 10.2 Å². The Morgan fingerprint density at radius 2 is 1.88 bits per heavy atom. The van der Waals surface area contributed by atoms with Gasteiger partial charge in [-0.15, -0.1) is 0 Å². The van der Waals surface area contributed by atoms with Crippen LogP contribution < -0.4 is 16.0 Å². The van der Waals surface area contributed by atoms with Gasteiger partial charge < -0.3 is 25.8 Å². The summed E-state index contributed by atoms with van der Waals surface area (Å²) >= 11 is 0. The van der Waals surface area contributed by atoms with Crippen molar-refractivity contribution in [2.24, 2.45) is 5.73 Å². The van der Waals surface area contributed by atoms with E-state index in [1.807, 2.05) is 43.7 Å². The number of primary amides is 1. The Bertz CT molecular complexity index is 1230. The van der Waals surface area contributed by atoms with Crippen molar-refractivity contribution in [1.82, 2.24) is 9.88 Å². The van der Waals surface area contributed by atoms with Gasteiger partial charge >= 0.3 is 6.03 Å². The number of nitrogens with one attached hydrogen (secondary N) is 2. The Hall–Kier alpha value is -4.01. The Morgan fingerprint density at radius 1 is 1.15 bits per heavy atom. The van der Waals surface area contributed by atoms with E-state index in [9.17, 15) is 19.8 Å². The van der Waals surface area contributed by atoms with Crippen LogP contribution in [0.25, 0.3) is 10.9 Å². The molecule has 1 aromatic heterocycles. The minimum Gasteiger partial charge on any atom is -0.508 e. The SMILES string of the molecule is CCCC(=O)NCCn1ccc2cc(N(C(=N)c3cc(C(C)C)c(O)cc3O)C(N)=O)ccc21. The minimum atomic E-state index is -0.874. The fraction of sp³-hybridized carbons (Fsp3) is 0.320. The van der Waals surface area contributed by atoms with E-state index >= 15 is 0 Å². The number of anilines is 1. The number of benzene rings is 2. The van der Waals surface area contributed by atoms with E-state index in [1.54, 1.807) is 12.1 Å². The molecule has 180 valence electrons. The predicted molar refractivity (Wildman–Crippen MR) is 133 cm³/mol. The number of fused-ring (bicyclic) bond motifs is 1. The van der Waals surface area contributed by atoms with Gasteiger partial charge in [0, 0.05) is 42.7 Å². The molecule has 0 radical (unpaired) electrons. The molecule has 3 aromatic rings. The molecule has 0 bridgehead atoms. The number of hydrogen-bond acceptors (Lipinski definition) is 5. The molecule has 0 aliphatic heterocycles. The average Bonchev–Trinajstić information content (AvgIpc) is 3.15. The van der Waals surface area contributed by atoms with Crippen LogP contribution in [0.3, 0.4) is 0 Å². The van der Waals surface area contributed by atoms with Crippen molar-refractivity contribution < 1.29 is 19.8 Å². The Labute approximate surface area is 198 Å². The van der Waals surface area contributed by atoms with Crippen LogP contribution >= 0.6 is 0 Å². The highest BCUT2D eigenvalue weighted by Gasteiger charge is 2.24. The summed E-state index contributed by atoms with van der Waals surface area (Å²) in [6, 6.07) is 8.90. The third kappa shape index (κ3) is 5.14. The summed E-state index contributed by atoms with van der Waals surface area (Å²) in [5, 5.41) is 32.8. The fourth-order valence-electron chi connectivity index (χ4n) is 3.89. The number of carbonyl (C=O) groups excluding carboxylic acids is 2. The van der Waals surface area contributed by atoms with Crippen molar-refractivity contribution in [2.75, 3.05) is 11.4 Å². The first-order valence-electron chi connectivity index (χ1n) is 11.2. The van der Waals surface area contributed by atoms with E-state index in [1.165, 1.54) is 12.1 Å². The van der Waals surface area contributed by atoms with E-state index in [2.05, 4.69) is 5.32 Å². The zero-order valence-corrected chi connectivity index (χ0v) is 19.6. The number of amides is 3. The lowest BCUT2D eigenvalue weighted by molar-refractivity contribution is -0.121. The van der Waals surface area contributed by atoms with Gasteiger partial charge in [0.05, 0.1) is 11.3 Å². The Kier molecular flexibility index (Phi) is 7.45. The number of nitrogens with two attached hydrogens (primary N) is 1. The summed E-state index contributed by atoms with van der Waals surface area (Å²) in [5.41, 5.74) is 7.52. The number of rotatable bonds is 8. The topological polar surface area (TPSA) is 145 Å². The number of hydrogen-bond donors (Lipinski definition) is 5. The van der Waals surface area contributed by atoms with Crippen LogP contribution in [0.15, 0.2) is 42.6 Å². The van der Waals surface area contributed by atoms with Crippen LogP contribution in [0.5, 0.6) is 11.5 Å². The van der Waals surface area contributed by atoms with Crippen LogP contribution in [-0.2, 0) is 11.3 Å².